The van der Waals surface area contributed by atoms with Gasteiger partial charge in [0.15, 0.2) is 0 Å². The first kappa shape index (κ1) is 15.7. The molecular weight excluding hydrogens is 293 g/mol. The fourth-order valence-corrected chi connectivity index (χ4v) is 1.65. The Hall–Kier alpha value is -0.290. The Morgan fingerprint density at radius 1 is 1.44 bits per heavy atom. The lowest BCUT2D eigenvalue weighted by atomic mass is 9.81. The summed E-state index contributed by atoms with van der Waals surface area (Å²) >= 11 is 3.26. The van der Waals surface area contributed by atoms with Gasteiger partial charge in [0.2, 0.25) is 0 Å². The highest BCUT2D eigenvalue weighted by molar-refractivity contribution is 9.10. The van der Waals surface area contributed by atoms with Crippen LogP contribution in [0.1, 0.15) is 25.5 Å². The van der Waals surface area contributed by atoms with Gasteiger partial charge < -0.3 is 15.9 Å². The van der Waals surface area contributed by atoms with Crippen LogP contribution in [0.3, 0.4) is 0 Å². The molecule has 1 aromatic carbocycles. The quantitative estimate of drug-likeness (QED) is 0.804. The summed E-state index contributed by atoms with van der Waals surface area (Å²) in [6.45, 7) is 3.70. The SMILES string of the molecule is CC(C)(CO)[C@@H](N)c1ccc(Br)cc1O.Cl. The van der Waals surface area contributed by atoms with Gasteiger partial charge in [-0.2, -0.15) is 0 Å². The number of rotatable bonds is 3. The maximum Gasteiger partial charge on any atom is 0.121 e. The molecule has 0 radical (unpaired) electrons. The summed E-state index contributed by atoms with van der Waals surface area (Å²) in [5.74, 6) is 0.151. The van der Waals surface area contributed by atoms with Gasteiger partial charge >= 0.3 is 0 Å². The van der Waals surface area contributed by atoms with Gasteiger partial charge in [-0.3, -0.25) is 0 Å². The molecule has 16 heavy (non-hydrogen) atoms. The number of hydrogen-bond acceptors (Lipinski definition) is 3. The van der Waals surface area contributed by atoms with Crippen LogP contribution in [-0.2, 0) is 0 Å². The molecule has 0 aliphatic carbocycles. The minimum absolute atomic E-state index is 0. The summed E-state index contributed by atoms with van der Waals surface area (Å²) in [4.78, 5) is 0. The van der Waals surface area contributed by atoms with E-state index in [1.807, 2.05) is 19.9 Å². The van der Waals surface area contributed by atoms with Crippen molar-refractivity contribution in [2.24, 2.45) is 11.1 Å². The van der Waals surface area contributed by atoms with Crippen molar-refractivity contribution in [3.63, 3.8) is 0 Å². The first-order chi connectivity index (χ1) is 6.88. The van der Waals surface area contributed by atoms with Crippen LogP contribution >= 0.6 is 28.3 Å². The molecule has 0 aliphatic rings. The van der Waals surface area contributed by atoms with Crippen molar-refractivity contribution in [2.75, 3.05) is 6.61 Å². The number of phenols is 1. The van der Waals surface area contributed by atoms with Crippen LogP contribution in [0.2, 0.25) is 0 Å². The summed E-state index contributed by atoms with van der Waals surface area (Å²) in [6, 6.07) is 4.79. The lowest BCUT2D eigenvalue weighted by molar-refractivity contribution is 0.131. The molecule has 4 N–H and O–H groups in total. The first-order valence-electron chi connectivity index (χ1n) is 4.73. The van der Waals surface area contributed by atoms with E-state index in [-0.39, 0.29) is 24.8 Å². The summed E-state index contributed by atoms with van der Waals surface area (Å²) in [6.07, 6.45) is 0. The number of halogens is 2. The Balaban J connectivity index is 0.00000225. The van der Waals surface area contributed by atoms with E-state index in [9.17, 15) is 10.2 Å². The number of phenolic OH excluding ortho intramolecular Hbond substituents is 1. The monoisotopic (exact) mass is 309 g/mol. The van der Waals surface area contributed by atoms with E-state index >= 15 is 0 Å². The molecule has 0 unspecified atom stereocenters. The van der Waals surface area contributed by atoms with Crippen molar-refractivity contribution in [3.05, 3.63) is 28.2 Å². The zero-order chi connectivity index (χ0) is 11.6. The van der Waals surface area contributed by atoms with Crippen molar-refractivity contribution < 1.29 is 10.2 Å². The van der Waals surface area contributed by atoms with Gasteiger partial charge in [0.25, 0.3) is 0 Å². The second-order valence-corrected chi connectivity index (χ2v) is 5.24. The van der Waals surface area contributed by atoms with Gasteiger partial charge in [0.1, 0.15) is 5.75 Å². The summed E-state index contributed by atoms with van der Waals surface area (Å²) in [7, 11) is 0. The summed E-state index contributed by atoms with van der Waals surface area (Å²) in [5.41, 5.74) is 6.20. The predicted molar refractivity (Wildman–Crippen MR) is 70.9 cm³/mol. The molecule has 0 heterocycles. The van der Waals surface area contributed by atoms with E-state index in [4.69, 9.17) is 5.73 Å². The molecule has 92 valence electrons. The molecule has 1 rings (SSSR count). The minimum Gasteiger partial charge on any atom is -0.508 e. The second-order valence-electron chi connectivity index (χ2n) is 4.33. The van der Waals surface area contributed by atoms with Crippen LogP contribution in [0.25, 0.3) is 0 Å². The number of aliphatic hydroxyl groups is 1. The van der Waals surface area contributed by atoms with Crippen LogP contribution in [0.4, 0.5) is 0 Å². The molecule has 0 bridgehead atoms. The maximum atomic E-state index is 9.73. The standard InChI is InChI=1S/C11H16BrNO2.ClH/c1-11(2,6-14)10(13)8-4-3-7(12)5-9(8)15;/h3-5,10,14-15H,6,13H2,1-2H3;1H/t10-;/m0./s1. The van der Waals surface area contributed by atoms with Crippen molar-refractivity contribution in [2.45, 2.75) is 19.9 Å². The highest BCUT2D eigenvalue weighted by atomic mass is 79.9. The van der Waals surface area contributed by atoms with E-state index < -0.39 is 11.5 Å². The normalized spacial score (nSPS) is 13.1. The zero-order valence-corrected chi connectivity index (χ0v) is 11.7. The third-order valence-corrected chi connectivity index (χ3v) is 3.07. The van der Waals surface area contributed by atoms with E-state index in [1.54, 1.807) is 12.1 Å². The lowest BCUT2D eigenvalue weighted by Crippen LogP contribution is -2.32. The van der Waals surface area contributed by atoms with Crippen molar-refractivity contribution in [3.8, 4) is 5.75 Å². The summed E-state index contributed by atoms with van der Waals surface area (Å²) < 4.78 is 0.803. The third-order valence-electron chi connectivity index (χ3n) is 2.58. The average molecular weight is 311 g/mol. The molecule has 0 saturated carbocycles. The molecule has 0 spiro atoms. The Morgan fingerprint density at radius 2 is 2.00 bits per heavy atom. The number of benzene rings is 1. The molecule has 3 nitrogen and oxygen atoms in total. The van der Waals surface area contributed by atoms with Gasteiger partial charge in [0.05, 0.1) is 0 Å². The van der Waals surface area contributed by atoms with Crippen LogP contribution in [0.5, 0.6) is 5.75 Å². The van der Waals surface area contributed by atoms with Gasteiger partial charge in [-0.05, 0) is 12.1 Å². The zero-order valence-electron chi connectivity index (χ0n) is 9.27. The Bertz CT molecular complexity index is 358. The number of aromatic hydroxyl groups is 1. The number of hydrogen-bond donors (Lipinski definition) is 3. The topological polar surface area (TPSA) is 66.5 Å². The molecule has 1 atom stereocenters. The molecule has 5 heteroatoms. The van der Waals surface area contributed by atoms with Crippen molar-refractivity contribution >= 4 is 28.3 Å². The second kappa shape index (κ2) is 5.87. The third kappa shape index (κ3) is 3.35. The Morgan fingerprint density at radius 3 is 2.44 bits per heavy atom. The summed E-state index contributed by atoms with van der Waals surface area (Å²) in [5, 5.41) is 18.9. The van der Waals surface area contributed by atoms with Gasteiger partial charge in [-0.1, -0.05) is 35.8 Å². The van der Waals surface area contributed by atoms with Gasteiger partial charge in [-0.15, -0.1) is 12.4 Å². The molecule has 0 saturated heterocycles. The fourth-order valence-electron chi connectivity index (χ4n) is 1.30. The largest absolute Gasteiger partial charge is 0.508 e. The average Bonchev–Trinajstić information content (AvgIpc) is 2.17. The number of aliphatic hydroxyl groups excluding tert-OH is 1. The van der Waals surface area contributed by atoms with Crippen LogP contribution in [0, 0.1) is 5.41 Å². The molecule has 0 aliphatic heterocycles. The molecule has 0 fully saturated rings. The minimum atomic E-state index is -0.453. The number of nitrogens with two attached hydrogens (primary N) is 1. The Labute approximate surface area is 110 Å². The molecule has 1 aromatic rings. The van der Waals surface area contributed by atoms with Crippen molar-refractivity contribution in [1.82, 2.24) is 0 Å². The van der Waals surface area contributed by atoms with Crippen LogP contribution in [-0.4, -0.2) is 16.8 Å². The predicted octanol–water partition coefficient (Wildman–Crippen LogP) is 2.59. The van der Waals surface area contributed by atoms with E-state index in [1.165, 1.54) is 0 Å². The molecule has 0 aromatic heterocycles. The van der Waals surface area contributed by atoms with Gasteiger partial charge in [0, 0.05) is 28.1 Å². The van der Waals surface area contributed by atoms with Crippen LogP contribution in [0.15, 0.2) is 22.7 Å². The van der Waals surface area contributed by atoms with E-state index in [2.05, 4.69) is 15.9 Å². The van der Waals surface area contributed by atoms with Gasteiger partial charge in [-0.25, -0.2) is 0 Å². The maximum absolute atomic E-state index is 9.73. The molecular formula is C11H17BrClNO2. The fraction of sp³-hybridized carbons (Fsp3) is 0.455. The highest BCUT2D eigenvalue weighted by Crippen LogP contribution is 2.36. The smallest absolute Gasteiger partial charge is 0.121 e. The van der Waals surface area contributed by atoms with Crippen LogP contribution < -0.4 is 5.73 Å². The highest BCUT2D eigenvalue weighted by Gasteiger charge is 2.28. The first-order valence-corrected chi connectivity index (χ1v) is 5.52. The van der Waals surface area contributed by atoms with Crippen molar-refractivity contribution in [1.29, 1.82) is 0 Å². The Kier molecular flexibility index (Phi) is 5.76. The molecule has 0 amide bonds. The van der Waals surface area contributed by atoms with E-state index in [0.717, 1.165) is 4.47 Å². The lowest BCUT2D eigenvalue weighted by Gasteiger charge is -2.30. The van der Waals surface area contributed by atoms with E-state index in [0.29, 0.717) is 5.56 Å².